The largest absolute Gasteiger partial charge is 0.444 e. The third kappa shape index (κ3) is 4.25. The summed E-state index contributed by atoms with van der Waals surface area (Å²) in [4.78, 5) is 16.0. The fourth-order valence-corrected chi connectivity index (χ4v) is 3.20. The monoisotopic (exact) mass is 321 g/mol. The number of hydrogen-bond donors (Lipinski definition) is 1. The molecule has 1 amide bonds. The predicted molar refractivity (Wildman–Crippen MR) is 86.3 cm³/mol. The van der Waals surface area contributed by atoms with Crippen LogP contribution in [0.25, 0.3) is 0 Å². The Morgan fingerprint density at radius 3 is 2.91 bits per heavy atom. The summed E-state index contributed by atoms with van der Waals surface area (Å²) in [6, 6.07) is 0.390. The van der Waals surface area contributed by atoms with E-state index in [4.69, 9.17) is 9.47 Å². The van der Waals surface area contributed by atoms with Crippen molar-refractivity contribution >= 4 is 6.09 Å². The Morgan fingerprint density at radius 1 is 1.43 bits per heavy atom. The maximum Gasteiger partial charge on any atom is 0.407 e. The quantitative estimate of drug-likeness (QED) is 0.905. The molecule has 6 heteroatoms. The standard InChI is InChI=1S/C17H27N3O3/c1-17(2,3)23-16(21)19-8-6-13-10-18-11-20(13)14-7-9-22-15(14)12-4-5-12/h10-12,14-15H,4-9H2,1-3H3,(H,19,21). The Morgan fingerprint density at radius 2 is 2.22 bits per heavy atom. The molecule has 2 heterocycles. The van der Waals surface area contributed by atoms with Gasteiger partial charge in [0.2, 0.25) is 0 Å². The van der Waals surface area contributed by atoms with E-state index in [0.717, 1.165) is 31.1 Å². The molecule has 3 rings (SSSR count). The zero-order valence-corrected chi connectivity index (χ0v) is 14.2. The van der Waals surface area contributed by atoms with Gasteiger partial charge in [0.05, 0.1) is 18.5 Å². The van der Waals surface area contributed by atoms with E-state index in [2.05, 4.69) is 14.9 Å². The third-order valence-corrected chi connectivity index (χ3v) is 4.34. The van der Waals surface area contributed by atoms with Crippen molar-refractivity contribution < 1.29 is 14.3 Å². The van der Waals surface area contributed by atoms with Crippen LogP contribution in [0.5, 0.6) is 0 Å². The van der Waals surface area contributed by atoms with Crippen LogP contribution in [0.2, 0.25) is 0 Å². The molecule has 2 atom stereocenters. The predicted octanol–water partition coefficient (Wildman–Crippen LogP) is 2.69. The fourth-order valence-electron chi connectivity index (χ4n) is 3.20. The van der Waals surface area contributed by atoms with Crippen molar-refractivity contribution in [3.05, 3.63) is 18.2 Å². The number of imidazole rings is 1. The zero-order valence-electron chi connectivity index (χ0n) is 14.2. The smallest absolute Gasteiger partial charge is 0.407 e. The molecule has 6 nitrogen and oxygen atoms in total. The molecule has 23 heavy (non-hydrogen) atoms. The molecule has 1 N–H and O–H groups in total. The van der Waals surface area contributed by atoms with Gasteiger partial charge < -0.3 is 19.4 Å². The minimum absolute atomic E-state index is 0.335. The van der Waals surface area contributed by atoms with Crippen LogP contribution in [0, 0.1) is 5.92 Å². The first-order valence-corrected chi connectivity index (χ1v) is 8.53. The molecule has 128 valence electrons. The maximum absolute atomic E-state index is 11.7. The molecular weight excluding hydrogens is 294 g/mol. The molecule has 1 aromatic rings. The first-order valence-electron chi connectivity index (χ1n) is 8.53. The zero-order chi connectivity index (χ0) is 16.4. The highest BCUT2D eigenvalue weighted by molar-refractivity contribution is 5.67. The highest BCUT2D eigenvalue weighted by Gasteiger charge is 2.41. The van der Waals surface area contributed by atoms with Crippen LogP contribution in [0.4, 0.5) is 4.79 Å². The number of nitrogens with zero attached hydrogens (tertiary/aromatic N) is 2. The number of nitrogens with one attached hydrogen (secondary N) is 1. The lowest BCUT2D eigenvalue weighted by atomic mass is 10.1. The molecule has 0 bridgehead atoms. The summed E-state index contributed by atoms with van der Waals surface area (Å²) in [6.45, 7) is 6.96. The van der Waals surface area contributed by atoms with Gasteiger partial charge in [-0.2, -0.15) is 0 Å². The van der Waals surface area contributed by atoms with Crippen LogP contribution in [-0.4, -0.2) is 40.5 Å². The average molecular weight is 321 g/mol. The minimum Gasteiger partial charge on any atom is -0.444 e. The van der Waals surface area contributed by atoms with E-state index >= 15 is 0 Å². The minimum atomic E-state index is -0.468. The average Bonchev–Trinajstić information content (AvgIpc) is 2.99. The molecule has 1 saturated heterocycles. The summed E-state index contributed by atoms with van der Waals surface area (Å²) in [5.74, 6) is 0.720. The van der Waals surface area contributed by atoms with Crippen molar-refractivity contribution in [1.82, 2.24) is 14.9 Å². The third-order valence-electron chi connectivity index (χ3n) is 4.34. The van der Waals surface area contributed by atoms with Gasteiger partial charge in [0.15, 0.2) is 0 Å². The molecule has 1 aliphatic heterocycles. The SMILES string of the molecule is CC(C)(C)OC(=O)NCCc1cncn1C1CCOC1C1CC1. The molecule has 0 radical (unpaired) electrons. The highest BCUT2D eigenvalue weighted by Crippen LogP contribution is 2.43. The summed E-state index contributed by atoms with van der Waals surface area (Å²) in [7, 11) is 0. The molecule has 1 aliphatic carbocycles. The lowest BCUT2D eigenvalue weighted by Gasteiger charge is -2.22. The molecule has 0 aromatic carbocycles. The molecule has 2 unspecified atom stereocenters. The van der Waals surface area contributed by atoms with Crippen molar-refractivity contribution in [2.45, 2.75) is 64.2 Å². The molecule has 2 aliphatic rings. The Bertz CT molecular complexity index is 546. The number of hydrogen-bond acceptors (Lipinski definition) is 4. The van der Waals surface area contributed by atoms with E-state index in [1.807, 2.05) is 33.3 Å². The van der Waals surface area contributed by atoms with Crippen molar-refractivity contribution in [2.24, 2.45) is 5.92 Å². The first kappa shape index (κ1) is 16.3. The molecule has 1 saturated carbocycles. The van der Waals surface area contributed by atoms with Gasteiger partial charge in [-0.1, -0.05) is 0 Å². The number of aromatic nitrogens is 2. The lowest BCUT2D eigenvalue weighted by molar-refractivity contribution is 0.0527. The van der Waals surface area contributed by atoms with Crippen molar-refractivity contribution in [3.8, 4) is 0 Å². The Labute approximate surface area is 137 Å². The summed E-state index contributed by atoms with van der Waals surface area (Å²) in [6.07, 6.45) is 8.11. The normalized spacial score (nSPS) is 24.7. The van der Waals surface area contributed by atoms with E-state index in [0.29, 0.717) is 18.7 Å². The van der Waals surface area contributed by atoms with Gasteiger partial charge in [-0.25, -0.2) is 9.78 Å². The number of amides is 1. The Hall–Kier alpha value is -1.56. The van der Waals surface area contributed by atoms with Crippen LogP contribution >= 0.6 is 0 Å². The summed E-state index contributed by atoms with van der Waals surface area (Å²) in [5.41, 5.74) is 0.673. The van der Waals surface area contributed by atoms with E-state index in [-0.39, 0.29) is 6.09 Å². The molecule has 1 aromatic heterocycles. The lowest BCUT2D eigenvalue weighted by Crippen LogP contribution is -2.34. The van der Waals surface area contributed by atoms with Crippen LogP contribution in [0.3, 0.4) is 0 Å². The van der Waals surface area contributed by atoms with E-state index in [1.165, 1.54) is 12.8 Å². The Kier molecular flexibility index (Phi) is 4.62. The van der Waals surface area contributed by atoms with Gasteiger partial charge in [0.1, 0.15) is 5.60 Å². The van der Waals surface area contributed by atoms with Crippen LogP contribution < -0.4 is 5.32 Å². The Balaban J connectivity index is 1.53. The molecule has 0 spiro atoms. The number of carbonyl (C=O) groups excluding carboxylic acids is 1. The second-order valence-electron chi connectivity index (χ2n) is 7.50. The van der Waals surface area contributed by atoms with Gasteiger partial charge >= 0.3 is 6.09 Å². The number of ether oxygens (including phenoxy) is 2. The van der Waals surface area contributed by atoms with Gasteiger partial charge in [0, 0.05) is 31.5 Å². The van der Waals surface area contributed by atoms with Crippen LogP contribution in [-0.2, 0) is 15.9 Å². The van der Waals surface area contributed by atoms with Gasteiger partial charge in [-0.3, -0.25) is 0 Å². The maximum atomic E-state index is 11.7. The fraction of sp³-hybridized carbons (Fsp3) is 0.765. The summed E-state index contributed by atoms with van der Waals surface area (Å²) < 4.78 is 13.4. The number of carbonyl (C=O) groups is 1. The number of alkyl carbamates (subject to hydrolysis) is 1. The van der Waals surface area contributed by atoms with E-state index in [1.54, 1.807) is 0 Å². The summed E-state index contributed by atoms with van der Waals surface area (Å²) in [5, 5.41) is 2.81. The first-order chi connectivity index (χ1) is 10.9. The van der Waals surface area contributed by atoms with Crippen molar-refractivity contribution in [3.63, 3.8) is 0 Å². The van der Waals surface area contributed by atoms with Gasteiger partial charge in [-0.15, -0.1) is 0 Å². The van der Waals surface area contributed by atoms with Crippen molar-refractivity contribution in [2.75, 3.05) is 13.2 Å². The molecule has 2 fully saturated rings. The topological polar surface area (TPSA) is 65.4 Å². The van der Waals surface area contributed by atoms with Crippen molar-refractivity contribution in [1.29, 1.82) is 0 Å². The highest BCUT2D eigenvalue weighted by atomic mass is 16.6. The second-order valence-corrected chi connectivity index (χ2v) is 7.50. The number of rotatable bonds is 5. The van der Waals surface area contributed by atoms with E-state index < -0.39 is 5.60 Å². The molecular formula is C17H27N3O3. The second kappa shape index (κ2) is 6.51. The van der Waals surface area contributed by atoms with Gasteiger partial charge in [-0.05, 0) is 46.0 Å². The van der Waals surface area contributed by atoms with Gasteiger partial charge in [0.25, 0.3) is 0 Å². The van der Waals surface area contributed by atoms with Crippen LogP contribution in [0.15, 0.2) is 12.5 Å². The van der Waals surface area contributed by atoms with E-state index in [9.17, 15) is 4.79 Å². The van der Waals surface area contributed by atoms with Crippen LogP contribution in [0.1, 0.15) is 51.8 Å². The summed E-state index contributed by atoms with van der Waals surface area (Å²) >= 11 is 0.